The predicted molar refractivity (Wildman–Crippen MR) is 16.4 cm³/mol. The Labute approximate surface area is 75.7 Å². The molecule has 0 bridgehead atoms. The van der Waals surface area contributed by atoms with Crippen LogP contribution < -0.4 is 51.4 Å². The van der Waals surface area contributed by atoms with Crippen molar-refractivity contribution in [3.8, 4) is 0 Å². The van der Waals surface area contributed by atoms with Crippen LogP contribution in [-0.2, 0) is 0 Å². The van der Waals surface area contributed by atoms with Gasteiger partial charge in [-0.3, -0.25) is 0 Å². The van der Waals surface area contributed by atoms with E-state index in [2.05, 4.69) is 0 Å². The molecular weight excluding hydrogens is 91.1 g/mol. The average Bonchev–Trinajstić information content (AvgIpc) is 1.75. The van der Waals surface area contributed by atoms with Crippen LogP contribution in [0.1, 0.15) is 14.3 Å². The van der Waals surface area contributed by atoms with Crippen LogP contribution in [-0.4, -0.2) is 11.2 Å². The zero-order chi connectivity index (χ0) is 2.99. The molecule has 1 rings (SSSR count). The second-order valence-corrected chi connectivity index (χ2v) is 1.23. The quantitative estimate of drug-likeness (QED) is 0.326. The first-order chi connectivity index (χ1) is 1.89. The fraction of sp³-hybridized carbons (Fsp3) is 1.00. The van der Waals surface area contributed by atoms with Crippen molar-refractivity contribution in [3.05, 3.63) is 0 Å². The van der Waals surface area contributed by atoms with Crippen molar-refractivity contribution in [1.29, 1.82) is 0 Å². The largest absolute Gasteiger partial charge is 1.00 e. The molecule has 0 aromatic carbocycles. The predicted octanol–water partition coefficient (Wildman–Crippen LogP) is -2.74. The molecule has 0 aliphatic heterocycles. The van der Waals surface area contributed by atoms with E-state index in [0.29, 0.717) is 0 Å². The Morgan fingerprint density at radius 1 is 1.60 bits per heavy atom. The minimum atomic E-state index is 0. The van der Waals surface area contributed by atoms with Gasteiger partial charge in [0.2, 0.25) is 0 Å². The molecule has 2 heteroatoms. The second-order valence-electron chi connectivity index (χ2n) is 1.23. The maximum Gasteiger partial charge on any atom is 1.00 e. The zero-order valence-electron chi connectivity index (χ0n) is 4.44. The fourth-order valence-corrected chi connectivity index (χ4v) is 0.0745. The number of rotatable bonds is 0. The number of hydrogen-bond acceptors (Lipinski definition) is 1. The maximum atomic E-state index is 8.17. The van der Waals surface area contributed by atoms with E-state index in [1.807, 2.05) is 0 Å². The Balaban J connectivity index is 0. The van der Waals surface area contributed by atoms with E-state index in [0.717, 1.165) is 12.8 Å². The first-order valence-electron chi connectivity index (χ1n) is 1.57. The molecular formula is C3H7KO. The third-order valence-corrected chi connectivity index (χ3v) is 0.547. The molecule has 26 valence electrons. The van der Waals surface area contributed by atoms with Gasteiger partial charge in [0.25, 0.3) is 0 Å². The van der Waals surface area contributed by atoms with Gasteiger partial charge in [0.15, 0.2) is 0 Å². The molecule has 0 saturated heterocycles. The van der Waals surface area contributed by atoms with Crippen LogP contribution >= 0.6 is 0 Å². The van der Waals surface area contributed by atoms with E-state index in [9.17, 15) is 0 Å². The van der Waals surface area contributed by atoms with Crippen LogP contribution in [0.15, 0.2) is 0 Å². The monoisotopic (exact) mass is 98.0 g/mol. The molecule has 0 heterocycles. The Kier molecular flexibility index (Phi) is 3.58. The van der Waals surface area contributed by atoms with Crippen molar-refractivity contribution in [2.45, 2.75) is 18.9 Å². The Bertz CT molecular complexity index is 30.0. The van der Waals surface area contributed by atoms with Gasteiger partial charge in [0.1, 0.15) is 0 Å². The minimum Gasteiger partial charge on any atom is -1.00 e. The van der Waals surface area contributed by atoms with E-state index >= 15 is 0 Å². The van der Waals surface area contributed by atoms with Crippen molar-refractivity contribution >= 4 is 0 Å². The smallest absolute Gasteiger partial charge is 1.00 e. The van der Waals surface area contributed by atoms with Gasteiger partial charge in [0.05, 0.1) is 6.10 Å². The molecule has 0 aromatic rings. The Morgan fingerprint density at radius 2 is 1.80 bits per heavy atom. The van der Waals surface area contributed by atoms with Crippen LogP contribution in [0, 0.1) is 0 Å². The van der Waals surface area contributed by atoms with Crippen LogP contribution in [0.5, 0.6) is 0 Å². The third kappa shape index (κ3) is 3.43. The normalized spacial score (nSPS) is 21.0. The number of aliphatic hydroxyl groups is 1. The van der Waals surface area contributed by atoms with Gasteiger partial charge >= 0.3 is 51.4 Å². The summed E-state index contributed by atoms with van der Waals surface area (Å²) in [7, 11) is 0. The number of aliphatic hydroxyl groups excluding tert-OH is 1. The summed E-state index contributed by atoms with van der Waals surface area (Å²) in [4.78, 5) is 0. The van der Waals surface area contributed by atoms with Gasteiger partial charge in [-0.15, -0.1) is 0 Å². The third-order valence-electron chi connectivity index (χ3n) is 0.547. The first-order valence-corrected chi connectivity index (χ1v) is 1.57. The van der Waals surface area contributed by atoms with Crippen molar-refractivity contribution in [2.24, 2.45) is 0 Å². The van der Waals surface area contributed by atoms with Crippen LogP contribution in [0.25, 0.3) is 0 Å². The number of hydrogen-bond donors (Lipinski definition) is 1. The van der Waals surface area contributed by atoms with Crippen LogP contribution in [0.4, 0.5) is 0 Å². The van der Waals surface area contributed by atoms with E-state index < -0.39 is 0 Å². The van der Waals surface area contributed by atoms with E-state index in [1.54, 1.807) is 0 Å². The van der Waals surface area contributed by atoms with Crippen molar-refractivity contribution in [1.82, 2.24) is 0 Å². The molecule has 1 fully saturated rings. The molecule has 1 nitrogen and oxygen atoms in total. The van der Waals surface area contributed by atoms with Crippen LogP contribution in [0.2, 0.25) is 0 Å². The van der Waals surface area contributed by atoms with E-state index in [1.165, 1.54) is 0 Å². The van der Waals surface area contributed by atoms with Gasteiger partial charge in [-0.05, 0) is 12.8 Å². The van der Waals surface area contributed by atoms with Gasteiger partial charge in [0, 0.05) is 0 Å². The Morgan fingerprint density at radius 3 is 1.80 bits per heavy atom. The Hall–Kier alpha value is 1.60. The molecule has 0 aromatic heterocycles. The molecule has 0 unspecified atom stereocenters. The van der Waals surface area contributed by atoms with Gasteiger partial charge < -0.3 is 6.53 Å². The molecule has 1 aliphatic rings. The summed E-state index contributed by atoms with van der Waals surface area (Å²) in [5.74, 6) is 0. The van der Waals surface area contributed by atoms with Crippen molar-refractivity contribution < 1.29 is 57.9 Å². The van der Waals surface area contributed by atoms with Gasteiger partial charge in [-0.1, -0.05) is 0 Å². The minimum absolute atomic E-state index is 0. The molecule has 0 radical (unpaired) electrons. The maximum absolute atomic E-state index is 8.17. The summed E-state index contributed by atoms with van der Waals surface area (Å²) in [6.07, 6.45) is 2.17. The SMILES string of the molecule is OC1CC1.[H-].[K+]. The molecule has 0 atom stereocenters. The summed E-state index contributed by atoms with van der Waals surface area (Å²) < 4.78 is 0. The van der Waals surface area contributed by atoms with Gasteiger partial charge in [-0.2, -0.15) is 0 Å². The second kappa shape index (κ2) is 2.72. The zero-order valence-corrected chi connectivity index (χ0v) is 6.56. The van der Waals surface area contributed by atoms with E-state index in [-0.39, 0.29) is 58.9 Å². The van der Waals surface area contributed by atoms with Gasteiger partial charge in [-0.25, -0.2) is 0 Å². The molecule has 1 saturated carbocycles. The van der Waals surface area contributed by atoms with Crippen LogP contribution in [0.3, 0.4) is 0 Å². The molecule has 1 aliphatic carbocycles. The molecule has 0 amide bonds. The van der Waals surface area contributed by atoms with Crippen molar-refractivity contribution in [2.75, 3.05) is 0 Å². The topological polar surface area (TPSA) is 20.2 Å². The summed E-state index contributed by atoms with van der Waals surface area (Å²) in [6, 6.07) is 0. The molecule has 0 spiro atoms. The van der Waals surface area contributed by atoms with Crippen molar-refractivity contribution in [3.63, 3.8) is 0 Å². The molecule has 5 heavy (non-hydrogen) atoms. The first kappa shape index (κ1) is 6.60. The average molecular weight is 98.2 g/mol. The summed E-state index contributed by atoms with van der Waals surface area (Å²) in [5, 5.41) is 8.17. The summed E-state index contributed by atoms with van der Waals surface area (Å²) in [5.41, 5.74) is 0. The summed E-state index contributed by atoms with van der Waals surface area (Å²) >= 11 is 0. The summed E-state index contributed by atoms with van der Waals surface area (Å²) in [6.45, 7) is 0. The van der Waals surface area contributed by atoms with E-state index in [4.69, 9.17) is 5.11 Å². The fourth-order valence-electron chi connectivity index (χ4n) is 0.0745. The standard InChI is InChI=1S/C3H6O.K.H/c4-3-1-2-3;;/h3-4H,1-2H2;;/q;+1;-1. The molecule has 1 N–H and O–H groups in total.